The molecule has 80 valence electrons. The van der Waals surface area contributed by atoms with E-state index in [0.29, 0.717) is 5.15 Å². The molecule has 0 amide bonds. The molecule has 14 heavy (non-hydrogen) atoms. The molecule has 1 rings (SSSR count). The summed E-state index contributed by atoms with van der Waals surface area (Å²) in [5, 5.41) is 8.87. The second-order valence-corrected chi connectivity index (χ2v) is 5.92. The Kier molecular flexibility index (Phi) is 2.65. The van der Waals surface area contributed by atoms with Gasteiger partial charge >= 0.3 is 0 Å². The minimum atomic E-state index is -0.117. The molecule has 0 unspecified atom stereocenters. The van der Waals surface area contributed by atoms with Crippen LogP contribution in [0.1, 0.15) is 47.2 Å². The van der Waals surface area contributed by atoms with Crippen LogP contribution in [0.25, 0.3) is 0 Å². The number of hydrogen-bond donors (Lipinski definition) is 0. The molecule has 0 spiro atoms. The Hall–Kier alpha value is -0.570. The number of aromatic nitrogens is 3. The maximum Gasteiger partial charge on any atom is 0.151 e. The Morgan fingerprint density at radius 2 is 1.57 bits per heavy atom. The summed E-state index contributed by atoms with van der Waals surface area (Å²) in [5.74, 6) is 0. The lowest BCUT2D eigenvalue weighted by Crippen LogP contribution is -2.23. The van der Waals surface area contributed by atoms with E-state index >= 15 is 0 Å². The zero-order valence-electron chi connectivity index (χ0n) is 9.72. The summed E-state index contributed by atoms with van der Waals surface area (Å²) in [6, 6.07) is 0. The molecule has 0 aliphatic heterocycles. The first-order chi connectivity index (χ1) is 6.14. The fourth-order valence-electron chi connectivity index (χ4n) is 1.16. The van der Waals surface area contributed by atoms with Crippen LogP contribution in [0.2, 0.25) is 5.15 Å². The van der Waals surface area contributed by atoms with Crippen LogP contribution in [0.15, 0.2) is 0 Å². The van der Waals surface area contributed by atoms with Gasteiger partial charge in [-0.15, -0.1) is 5.10 Å². The lowest BCUT2D eigenvalue weighted by atomic mass is 9.93. The van der Waals surface area contributed by atoms with Crippen LogP contribution < -0.4 is 0 Å². The van der Waals surface area contributed by atoms with Gasteiger partial charge in [-0.2, -0.15) is 0 Å². The van der Waals surface area contributed by atoms with Gasteiger partial charge in [0.05, 0.1) is 5.54 Å². The van der Waals surface area contributed by atoms with Gasteiger partial charge in [0.25, 0.3) is 0 Å². The number of rotatable bonds is 0. The van der Waals surface area contributed by atoms with E-state index in [1.54, 1.807) is 4.68 Å². The highest BCUT2D eigenvalue weighted by molar-refractivity contribution is 6.30. The number of hydrogen-bond acceptors (Lipinski definition) is 2. The minimum absolute atomic E-state index is 0.0550. The van der Waals surface area contributed by atoms with Crippen molar-refractivity contribution in [2.75, 3.05) is 0 Å². The van der Waals surface area contributed by atoms with E-state index in [1.165, 1.54) is 0 Å². The van der Waals surface area contributed by atoms with Crippen LogP contribution in [0.4, 0.5) is 0 Å². The summed E-state index contributed by atoms with van der Waals surface area (Å²) in [7, 11) is 0. The molecular weight excluding hydrogens is 198 g/mol. The summed E-state index contributed by atoms with van der Waals surface area (Å²) < 4.78 is 1.76. The Balaban J connectivity index is 3.23. The molecule has 3 nitrogen and oxygen atoms in total. The van der Waals surface area contributed by atoms with Gasteiger partial charge < -0.3 is 0 Å². The highest BCUT2D eigenvalue weighted by Crippen LogP contribution is 2.29. The van der Waals surface area contributed by atoms with Gasteiger partial charge in [0, 0.05) is 5.41 Å². The third kappa shape index (κ3) is 2.08. The smallest absolute Gasteiger partial charge is 0.151 e. The summed E-state index contributed by atoms with van der Waals surface area (Å²) >= 11 is 6.23. The zero-order chi connectivity index (χ0) is 11.1. The predicted molar refractivity (Wildman–Crippen MR) is 58.7 cm³/mol. The summed E-state index contributed by atoms with van der Waals surface area (Å²) in [5.41, 5.74) is 0.683. The minimum Gasteiger partial charge on any atom is -0.228 e. The quantitative estimate of drug-likeness (QED) is 0.666. The topological polar surface area (TPSA) is 30.7 Å². The molecule has 0 atom stereocenters. The molecule has 0 bridgehead atoms. The Morgan fingerprint density at radius 3 is 1.79 bits per heavy atom. The SMILES string of the molecule is CC(C)(C)c1nnn(C(C)(C)C)c1Cl. The third-order valence-corrected chi connectivity index (χ3v) is 2.30. The van der Waals surface area contributed by atoms with Crippen molar-refractivity contribution >= 4 is 11.6 Å². The van der Waals surface area contributed by atoms with Crippen LogP contribution in [-0.4, -0.2) is 15.0 Å². The van der Waals surface area contributed by atoms with Crippen LogP contribution in [0, 0.1) is 0 Å². The monoisotopic (exact) mass is 215 g/mol. The first-order valence-corrected chi connectivity index (χ1v) is 5.14. The lowest BCUT2D eigenvalue weighted by molar-refractivity contribution is 0.347. The van der Waals surface area contributed by atoms with Crippen molar-refractivity contribution in [3.05, 3.63) is 10.8 Å². The second-order valence-electron chi connectivity index (χ2n) is 5.56. The van der Waals surface area contributed by atoms with E-state index in [4.69, 9.17) is 11.6 Å². The van der Waals surface area contributed by atoms with Gasteiger partial charge in [0.1, 0.15) is 5.69 Å². The zero-order valence-corrected chi connectivity index (χ0v) is 10.5. The fourth-order valence-corrected chi connectivity index (χ4v) is 1.77. The van der Waals surface area contributed by atoms with Crippen LogP contribution in [0.3, 0.4) is 0 Å². The molecule has 0 saturated carbocycles. The van der Waals surface area contributed by atoms with E-state index < -0.39 is 0 Å². The van der Waals surface area contributed by atoms with Gasteiger partial charge in [-0.25, -0.2) is 4.68 Å². The normalized spacial score (nSPS) is 13.4. The predicted octanol–water partition coefficient (Wildman–Crippen LogP) is 2.98. The average molecular weight is 216 g/mol. The molecule has 0 fully saturated rings. The summed E-state index contributed by atoms with van der Waals surface area (Å²) in [4.78, 5) is 0. The van der Waals surface area contributed by atoms with Crippen molar-refractivity contribution in [2.45, 2.75) is 52.5 Å². The summed E-state index contributed by atoms with van der Waals surface area (Å²) in [6.45, 7) is 12.4. The van der Waals surface area contributed by atoms with Gasteiger partial charge in [-0.3, -0.25) is 0 Å². The largest absolute Gasteiger partial charge is 0.228 e. The van der Waals surface area contributed by atoms with Crippen LogP contribution in [0.5, 0.6) is 0 Å². The van der Waals surface area contributed by atoms with Crippen molar-refractivity contribution in [1.82, 2.24) is 15.0 Å². The standard InChI is InChI=1S/C10H18ClN3/c1-9(2,3)7-8(11)14(13-12-7)10(4,5)6/h1-6H3. The molecule has 0 aliphatic carbocycles. The van der Waals surface area contributed by atoms with Gasteiger partial charge in [-0.1, -0.05) is 37.6 Å². The lowest BCUT2D eigenvalue weighted by Gasteiger charge is -2.20. The van der Waals surface area contributed by atoms with Gasteiger partial charge in [0.2, 0.25) is 0 Å². The van der Waals surface area contributed by atoms with Crippen molar-refractivity contribution in [2.24, 2.45) is 0 Å². The van der Waals surface area contributed by atoms with Crippen molar-refractivity contribution in [3.63, 3.8) is 0 Å². The van der Waals surface area contributed by atoms with E-state index in [2.05, 4.69) is 51.9 Å². The van der Waals surface area contributed by atoms with Crippen LogP contribution in [-0.2, 0) is 11.0 Å². The molecular formula is C10H18ClN3. The van der Waals surface area contributed by atoms with Crippen molar-refractivity contribution in [1.29, 1.82) is 0 Å². The number of nitrogens with zero attached hydrogens (tertiary/aromatic N) is 3. The molecule has 1 aromatic heterocycles. The van der Waals surface area contributed by atoms with Gasteiger partial charge in [-0.05, 0) is 20.8 Å². The average Bonchev–Trinajstić information content (AvgIpc) is 2.26. The molecule has 0 aliphatic rings. The van der Waals surface area contributed by atoms with E-state index in [0.717, 1.165) is 5.69 Å². The number of halogens is 1. The van der Waals surface area contributed by atoms with Crippen LogP contribution >= 0.6 is 11.6 Å². The van der Waals surface area contributed by atoms with E-state index in [9.17, 15) is 0 Å². The second kappa shape index (κ2) is 3.23. The first kappa shape index (κ1) is 11.5. The van der Waals surface area contributed by atoms with Crippen molar-refractivity contribution in [3.8, 4) is 0 Å². The Labute approximate surface area is 90.4 Å². The first-order valence-electron chi connectivity index (χ1n) is 4.76. The molecule has 0 saturated heterocycles. The molecule has 4 heteroatoms. The molecule has 0 radical (unpaired) electrons. The maximum atomic E-state index is 6.23. The summed E-state index contributed by atoms with van der Waals surface area (Å²) in [6.07, 6.45) is 0. The maximum absolute atomic E-state index is 6.23. The fraction of sp³-hybridized carbons (Fsp3) is 0.800. The van der Waals surface area contributed by atoms with Crippen molar-refractivity contribution < 1.29 is 0 Å². The Morgan fingerprint density at radius 1 is 1.07 bits per heavy atom. The Bertz CT molecular complexity index is 297. The molecule has 1 aromatic rings. The molecule has 0 N–H and O–H groups in total. The third-order valence-electron chi connectivity index (χ3n) is 1.96. The molecule has 1 heterocycles. The van der Waals surface area contributed by atoms with Gasteiger partial charge in [0.15, 0.2) is 5.15 Å². The highest BCUT2D eigenvalue weighted by atomic mass is 35.5. The highest BCUT2D eigenvalue weighted by Gasteiger charge is 2.27. The van der Waals surface area contributed by atoms with E-state index in [-0.39, 0.29) is 11.0 Å². The van der Waals surface area contributed by atoms with E-state index in [1.807, 2.05) is 0 Å². The molecule has 0 aromatic carbocycles.